The van der Waals surface area contributed by atoms with Gasteiger partial charge in [-0.2, -0.15) is 8.78 Å². The van der Waals surface area contributed by atoms with Crippen molar-refractivity contribution in [2.45, 2.75) is 6.61 Å². The first-order valence-corrected chi connectivity index (χ1v) is 5.68. The Morgan fingerprint density at radius 3 is 2.65 bits per heavy atom. The van der Waals surface area contributed by atoms with E-state index in [2.05, 4.69) is 15.0 Å². The summed E-state index contributed by atoms with van der Waals surface area (Å²) >= 11 is 0. The molecule has 0 N–H and O–H groups in total. The maximum atomic E-state index is 13.7. The van der Waals surface area contributed by atoms with E-state index >= 15 is 0 Å². The third-order valence-electron chi connectivity index (χ3n) is 2.78. The van der Waals surface area contributed by atoms with E-state index in [0.29, 0.717) is 5.56 Å². The topological polar surface area (TPSA) is 39.4 Å². The molecule has 0 saturated carbocycles. The Morgan fingerprint density at radius 2 is 1.90 bits per heavy atom. The average Bonchev–Trinajstić information content (AvgIpc) is 2.87. The molecule has 4 nitrogen and oxygen atoms in total. The summed E-state index contributed by atoms with van der Waals surface area (Å²) < 4.78 is 43.4. The zero-order valence-corrected chi connectivity index (χ0v) is 10.0. The SMILES string of the molecule is Fc1cc(-c2ccn3nncc3c2)ccc1OC(F)F. The van der Waals surface area contributed by atoms with Crippen LogP contribution in [0.5, 0.6) is 5.75 Å². The number of halogens is 3. The van der Waals surface area contributed by atoms with Crippen LogP contribution in [0.4, 0.5) is 13.2 Å². The first-order chi connectivity index (χ1) is 9.63. The van der Waals surface area contributed by atoms with Crippen molar-refractivity contribution < 1.29 is 17.9 Å². The van der Waals surface area contributed by atoms with Gasteiger partial charge in [-0.15, -0.1) is 5.10 Å². The molecular formula is C13H8F3N3O. The van der Waals surface area contributed by atoms with Crippen LogP contribution in [-0.2, 0) is 0 Å². The molecule has 1 aromatic carbocycles. The molecule has 0 saturated heterocycles. The van der Waals surface area contributed by atoms with Crippen LogP contribution in [0.1, 0.15) is 0 Å². The molecule has 20 heavy (non-hydrogen) atoms. The molecule has 0 unspecified atom stereocenters. The van der Waals surface area contributed by atoms with Crippen molar-refractivity contribution in [1.82, 2.24) is 14.8 Å². The van der Waals surface area contributed by atoms with Crippen LogP contribution in [0, 0.1) is 5.82 Å². The number of aromatic nitrogens is 3. The van der Waals surface area contributed by atoms with Gasteiger partial charge in [0.15, 0.2) is 11.6 Å². The molecule has 0 spiro atoms. The summed E-state index contributed by atoms with van der Waals surface area (Å²) in [6.45, 7) is -3.05. The smallest absolute Gasteiger partial charge is 0.387 e. The van der Waals surface area contributed by atoms with Crippen molar-refractivity contribution in [3.63, 3.8) is 0 Å². The van der Waals surface area contributed by atoms with Gasteiger partial charge in [0.2, 0.25) is 0 Å². The summed E-state index contributed by atoms with van der Waals surface area (Å²) in [6.07, 6.45) is 3.24. The summed E-state index contributed by atoms with van der Waals surface area (Å²) in [4.78, 5) is 0. The highest BCUT2D eigenvalue weighted by molar-refractivity contribution is 5.68. The zero-order valence-electron chi connectivity index (χ0n) is 10.0. The lowest BCUT2D eigenvalue weighted by Gasteiger charge is -2.08. The Balaban J connectivity index is 1.99. The molecule has 0 aliphatic rings. The quantitative estimate of drug-likeness (QED) is 0.739. The lowest BCUT2D eigenvalue weighted by atomic mass is 10.1. The van der Waals surface area contributed by atoms with Crippen molar-refractivity contribution in [2.75, 3.05) is 0 Å². The van der Waals surface area contributed by atoms with E-state index in [9.17, 15) is 13.2 Å². The Kier molecular flexibility index (Phi) is 3.02. The van der Waals surface area contributed by atoms with Gasteiger partial charge >= 0.3 is 6.61 Å². The second-order valence-corrected chi connectivity index (χ2v) is 4.04. The van der Waals surface area contributed by atoms with Crippen LogP contribution in [0.3, 0.4) is 0 Å². The third kappa shape index (κ3) is 2.29. The molecule has 0 amide bonds. The normalized spacial score (nSPS) is 11.2. The van der Waals surface area contributed by atoms with Gasteiger partial charge < -0.3 is 4.74 Å². The van der Waals surface area contributed by atoms with Gasteiger partial charge in [0.1, 0.15) is 0 Å². The van der Waals surface area contributed by atoms with E-state index in [1.807, 2.05) is 0 Å². The Hall–Kier alpha value is -2.57. The fraction of sp³-hybridized carbons (Fsp3) is 0.0769. The standard InChI is InChI=1S/C13H8F3N3O/c14-11-6-8(1-2-12(11)20-13(15)16)9-3-4-19-10(5-9)7-17-18-19/h1-7,13H. The van der Waals surface area contributed by atoms with E-state index in [1.165, 1.54) is 12.1 Å². The number of alkyl halides is 2. The molecule has 0 fully saturated rings. The summed E-state index contributed by atoms with van der Waals surface area (Å²) in [7, 11) is 0. The number of rotatable bonds is 3. The van der Waals surface area contributed by atoms with Gasteiger partial charge in [0.05, 0.1) is 11.7 Å². The van der Waals surface area contributed by atoms with Gasteiger partial charge in [0, 0.05) is 6.20 Å². The minimum atomic E-state index is -3.05. The molecule has 102 valence electrons. The van der Waals surface area contributed by atoms with E-state index in [1.54, 1.807) is 29.0 Å². The van der Waals surface area contributed by atoms with E-state index in [0.717, 1.165) is 17.1 Å². The van der Waals surface area contributed by atoms with Crippen molar-refractivity contribution in [2.24, 2.45) is 0 Å². The summed E-state index contributed by atoms with van der Waals surface area (Å²) in [5.74, 6) is -1.31. The molecular weight excluding hydrogens is 271 g/mol. The Bertz CT molecular complexity index is 757. The monoisotopic (exact) mass is 279 g/mol. The van der Waals surface area contributed by atoms with Crippen molar-refractivity contribution >= 4 is 5.52 Å². The van der Waals surface area contributed by atoms with Crippen LogP contribution < -0.4 is 4.74 Å². The molecule has 3 aromatic rings. The maximum absolute atomic E-state index is 13.7. The van der Waals surface area contributed by atoms with Gasteiger partial charge in [-0.05, 0) is 35.4 Å². The Morgan fingerprint density at radius 1 is 1.10 bits per heavy atom. The zero-order chi connectivity index (χ0) is 14.1. The number of ether oxygens (including phenoxy) is 1. The molecule has 0 bridgehead atoms. The van der Waals surface area contributed by atoms with Crippen LogP contribution >= 0.6 is 0 Å². The summed E-state index contributed by atoms with van der Waals surface area (Å²) in [5.41, 5.74) is 2.02. The minimum absolute atomic E-state index is 0.476. The van der Waals surface area contributed by atoms with E-state index in [4.69, 9.17) is 0 Å². The third-order valence-corrected chi connectivity index (χ3v) is 2.78. The van der Waals surface area contributed by atoms with Crippen LogP contribution in [-0.4, -0.2) is 21.4 Å². The summed E-state index contributed by atoms with van der Waals surface area (Å²) in [6, 6.07) is 7.33. The highest BCUT2D eigenvalue weighted by Crippen LogP contribution is 2.27. The molecule has 2 aromatic heterocycles. The predicted molar refractivity (Wildman–Crippen MR) is 65.0 cm³/mol. The molecule has 0 radical (unpaired) electrons. The van der Waals surface area contributed by atoms with Crippen molar-refractivity contribution in [1.29, 1.82) is 0 Å². The van der Waals surface area contributed by atoms with Gasteiger partial charge in [-0.1, -0.05) is 11.3 Å². The maximum Gasteiger partial charge on any atom is 0.387 e. The fourth-order valence-corrected chi connectivity index (χ4v) is 1.88. The highest BCUT2D eigenvalue weighted by atomic mass is 19.3. The van der Waals surface area contributed by atoms with Crippen LogP contribution in [0.25, 0.3) is 16.6 Å². The predicted octanol–water partition coefficient (Wildman–Crippen LogP) is 3.14. The van der Waals surface area contributed by atoms with Crippen LogP contribution in [0.15, 0.2) is 42.7 Å². The number of fused-ring (bicyclic) bond motifs is 1. The fourth-order valence-electron chi connectivity index (χ4n) is 1.88. The van der Waals surface area contributed by atoms with Gasteiger partial charge in [-0.25, -0.2) is 8.91 Å². The Labute approximate surface area is 111 Å². The van der Waals surface area contributed by atoms with Gasteiger partial charge in [-0.3, -0.25) is 0 Å². The number of hydrogen-bond donors (Lipinski definition) is 0. The lowest BCUT2D eigenvalue weighted by molar-refractivity contribution is -0.0521. The average molecular weight is 279 g/mol. The summed E-state index contributed by atoms with van der Waals surface area (Å²) in [5, 5.41) is 7.54. The minimum Gasteiger partial charge on any atom is -0.432 e. The number of hydrogen-bond acceptors (Lipinski definition) is 3. The second-order valence-electron chi connectivity index (χ2n) is 4.04. The molecule has 0 aliphatic carbocycles. The second kappa shape index (κ2) is 4.84. The molecule has 0 aliphatic heterocycles. The van der Waals surface area contributed by atoms with Crippen LogP contribution in [0.2, 0.25) is 0 Å². The first-order valence-electron chi connectivity index (χ1n) is 5.68. The first kappa shape index (κ1) is 12.5. The highest BCUT2D eigenvalue weighted by Gasteiger charge is 2.11. The van der Waals surface area contributed by atoms with E-state index in [-0.39, 0.29) is 0 Å². The number of pyridine rings is 1. The largest absolute Gasteiger partial charge is 0.432 e. The molecule has 3 rings (SSSR count). The van der Waals surface area contributed by atoms with Crippen molar-refractivity contribution in [3.05, 3.63) is 48.5 Å². The van der Waals surface area contributed by atoms with Crippen molar-refractivity contribution in [3.8, 4) is 16.9 Å². The molecule has 7 heteroatoms. The van der Waals surface area contributed by atoms with Gasteiger partial charge in [0.25, 0.3) is 0 Å². The number of nitrogens with zero attached hydrogens (tertiary/aromatic N) is 3. The van der Waals surface area contributed by atoms with E-state index < -0.39 is 18.2 Å². The number of benzene rings is 1. The molecule has 2 heterocycles. The lowest BCUT2D eigenvalue weighted by Crippen LogP contribution is -2.03. The molecule has 0 atom stereocenters.